The second-order valence-corrected chi connectivity index (χ2v) is 4.98. The van der Waals surface area contributed by atoms with Crippen molar-refractivity contribution in [3.05, 3.63) is 41.7 Å². The summed E-state index contributed by atoms with van der Waals surface area (Å²) in [6.07, 6.45) is -2.45. The molecule has 1 fully saturated rings. The smallest absolute Gasteiger partial charge is 0.384 e. The van der Waals surface area contributed by atoms with E-state index in [9.17, 15) is 13.2 Å². The maximum Gasteiger partial charge on any atom is 0.418 e. The van der Waals surface area contributed by atoms with E-state index in [1.807, 2.05) is 0 Å². The van der Waals surface area contributed by atoms with Gasteiger partial charge in [-0.3, -0.25) is 0 Å². The zero-order valence-electron chi connectivity index (χ0n) is 11.0. The molecule has 7 heteroatoms. The van der Waals surface area contributed by atoms with Crippen LogP contribution in [0.5, 0.6) is 0 Å². The number of para-hydroxylation sites is 1. The van der Waals surface area contributed by atoms with Crippen molar-refractivity contribution in [2.24, 2.45) is 0 Å². The van der Waals surface area contributed by atoms with Gasteiger partial charge in [-0.1, -0.05) is 12.1 Å². The van der Waals surface area contributed by atoms with Crippen LogP contribution in [-0.2, 0) is 6.18 Å². The summed E-state index contributed by atoms with van der Waals surface area (Å²) in [5.41, 5.74) is 4.90. The van der Waals surface area contributed by atoms with Crippen LogP contribution in [0.15, 0.2) is 30.3 Å². The fourth-order valence-electron chi connectivity index (χ4n) is 2.05. The Morgan fingerprint density at radius 1 is 1.14 bits per heavy atom. The average Bonchev–Trinajstić information content (AvgIpc) is 3.21. The third-order valence-corrected chi connectivity index (χ3v) is 3.20. The predicted molar refractivity (Wildman–Crippen MR) is 73.1 cm³/mol. The first-order valence-electron chi connectivity index (χ1n) is 6.51. The van der Waals surface area contributed by atoms with Gasteiger partial charge in [0, 0.05) is 12.0 Å². The van der Waals surface area contributed by atoms with Crippen LogP contribution in [0.4, 0.5) is 30.5 Å². The normalized spacial score (nSPS) is 15.0. The monoisotopic (exact) mass is 294 g/mol. The molecule has 0 bridgehead atoms. The van der Waals surface area contributed by atoms with Crippen LogP contribution < -0.4 is 11.1 Å². The number of alkyl halides is 3. The van der Waals surface area contributed by atoms with Crippen LogP contribution in [0.3, 0.4) is 0 Å². The lowest BCUT2D eigenvalue weighted by molar-refractivity contribution is -0.136. The fraction of sp³-hybridized carbons (Fsp3) is 0.286. The molecule has 1 heterocycles. The molecule has 1 aliphatic carbocycles. The van der Waals surface area contributed by atoms with Crippen molar-refractivity contribution < 1.29 is 13.2 Å². The molecule has 3 N–H and O–H groups in total. The van der Waals surface area contributed by atoms with Crippen molar-refractivity contribution in [2.45, 2.75) is 24.9 Å². The van der Waals surface area contributed by atoms with E-state index in [0.717, 1.165) is 18.9 Å². The van der Waals surface area contributed by atoms with E-state index in [2.05, 4.69) is 15.3 Å². The molecule has 1 aliphatic rings. The summed E-state index contributed by atoms with van der Waals surface area (Å²) in [7, 11) is 0. The Bertz CT molecular complexity index is 666. The topological polar surface area (TPSA) is 63.8 Å². The Morgan fingerprint density at radius 3 is 2.52 bits per heavy atom. The number of halogens is 3. The molecule has 1 saturated carbocycles. The van der Waals surface area contributed by atoms with E-state index in [0.29, 0.717) is 5.82 Å². The highest BCUT2D eigenvalue weighted by molar-refractivity contribution is 5.63. The first kappa shape index (κ1) is 13.7. The SMILES string of the molecule is Nc1cc(Nc2ccccc2C(F)(F)F)nc(C2CC2)n1. The van der Waals surface area contributed by atoms with Gasteiger partial charge in [-0.2, -0.15) is 13.2 Å². The maximum absolute atomic E-state index is 13.0. The minimum atomic E-state index is -4.43. The molecule has 0 radical (unpaired) electrons. The summed E-state index contributed by atoms with van der Waals surface area (Å²) in [6.45, 7) is 0. The van der Waals surface area contributed by atoms with Gasteiger partial charge in [0.1, 0.15) is 17.5 Å². The van der Waals surface area contributed by atoms with E-state index in [-0.39, 0.29) is 23.2 Å². The number of nitrogens with two attached hydrogens (primary N) is 1. The molecule has 4 nitrogen and oxygen atoms in total. The van der Waals surface area contributed by atoms with Crippen LogP contribution in [-0.4, -0.2) is 9.97 Å². The Balaban J connectivity index is 1.94. The Kier molecular flexibility index (Phi) is 3.19. The third-order valence-electron chi connectivity index (χ3n) is 3.20. The summed E-state index contributed by atoms with van der Waals surface area (Å²) in [5.74, 6) is 1.38. The second kappa shape index (κ2) is 4.91. The highest BCUT2D eigenvalue weighted by atomic mass is 19.4. The lowest BCUT2D eigenvalue weighted by atomic mass is 10.1. The number of rotatable bonds is 3. The standard InChI is InChI=1S/C14H13F3N4/c15-14(16,17)9-3-1-2-4-10(9)19-12-7-11(18)20-13(21-12)8-5-6-8/h1-4,7-8H,5-6H2,(H3,18,19,20,21). The molecule has 110 valence electrons. The molecule has 0 saturated heterocycles. The first-order valence-corrected chi connectivity index (χ1v) is 6.51. The molecule has 2 aromatic rings. The van der Waals surface area contributed by atoms with Crippen molar-refractivity contribution in [2.75, 3.05) is 11.1 Å². The van der Waals surface area contributed by atoms with E-state index in [1.54, 1.807) is 0 Å². The van der Waals surface area contributed by atoms with Gasteiger partial charge in [-0.15, -0.1) is 0 Å². The minimum Gasteiger partial charge on any atom is -0.384 e. The van der Waals surface area contributed by atoms with Crippen molar-refractivity contribution >= 4 is 17.3 Å². The summed E-state index contributed by atoms with van der Waals surface area (Å²) in [5, 5.41) is 2.69. The largest absolute Gasteiger partial charge is 0.418 e. The van der Waals surface area contributed by atoms with Crippen molar-refractivity contribution in [1.82, 2.24) is 9.97 Å². The van der Waals surface area contributed by atoms with Crippen molar-refractivity contribution in [1.29, 1.82) is 0 Å². The number of nitrogen functional groups attached to an aromatic ring is 1. The predicted octanol–water partition coefficient (Wildman–Crippen LogP) is 3.70. The van der Waals surface area contributed by atoms with Crippen molar-refractivity contribution in [3.8, 4) is 0 Å². The molecule has 0 unspecified atom stereocenters. The summed E-state index contributed by atoms with van der Waals surface area (Å²) in [6, 6.07) is 6.69. The molecule has 0 aliphatic heterocycles. The molecule has 0 amide bonds. The minimum absolute atomic E-state index is 0.0511. The van der Waals surface area contributed by atoms with Gasteiger partial charge in [0.15, 0.2) is 0 Å². The number of nitrogens with zero attached hydrogens (tertiary/aromatic N) is 2. The highest BCUT2D eigenvalue weighted by Crippen LogP contribution is 2.39. The number of benzene rings is 1. The Labute approximate surface area is 119 Å². The Hall–Kier alpha value is -2.31. The van der Waals surface area contributed by atoms with Gasteiger partial charge < -0.3 is 11.1 Å². The lowest BCUT2D eigenvalue weighted by Gasteiger charge is -2.14. The molecule has 21 heavy (non-hydrogen) atoms. The molecule has 0 atom stereocenters. The number of aromatic nitrogens is 2. The molecule has 0 spiro atoms. The van der Waals surface area contributed by atoms with E-state index in [1.165, 1.54) is 24.3 Å². The second-order valence-electron chi connectivity index (χ2n) is 4.98. The molecule has 3 rings (SSSR count). The van der Waals surface area contributed by atoms with Gasteiger partial charge in [0.25, 0.3) is 0 Å². The molecule has 1 aromatic carbocycles. The van der Waals surface area contributed by atoms with Crippen molar-refractivity contribution in [3.63, 3.8) is 0 Å². The van der Waals surface area contributed by atoms with E-state index >= 15 is 0 Å². The summed E-state index contributed by atoms with van der Waals surface area (Å²) in [4.78, 5) is 8.36. The summed E-state index contributed by atoms with van der Waals surface area (Å²) < 4.78 is 38.9. The van der Waals surface area contributed by atoms with Crippen LogP contribution in [0.25, 0.3) is 0 Å². The third kappa shape index (κ3) is 3.07. The number of hydrogen-bond donors (Lipinski definition) is 2. The fourth-order valence-corrected chi connectivity index (χ4v) is 2.05. The number of anilines is 3. The van der Waals surface area contributed by atoms with Gasteiger partial charge in [0.05, 0.1) is 11.3 Å². The Morgan fingerprint density at radius 2 is 1.86 bits per heavy atom. The molecular weight excluding hydrogens is 281 g/mol. The molecule has 1 aromatic heterocycles. The first-order chi connectivity index (χ1) is 9.93. The highest BCUT2D eigenvalue weighted by Gasteiger charge is 2.33. The van der Waals surface area contributed by atoms with Crippen LogP contribution in [0, 0.1) is 0 Å². The quantitative estimate of drug-likeness (QED) is 0.906. The maximum atomic E-state index is 13.0. The van der Waals surface area contributed by atoms with Crippen LogP contribution in [0.2, 0.25) is 0 Å². The zero-order valence-corrected chi connectivity index (χ0v) is 11.0. The van der Waals surface area contributed by atoms with Gasteiger partial charge in [-0.05, 0) is 25.0 Å². The molecular formula is C14H13F3N4. The van der Waals surface area contributed by atoms with Gasteiger partial charge in [0.2, 0.25) is 0 Å². The summed E-state index contributed by atoms with van der Waals surface area (Å²) >= 11 is 0. The van der Waals surface area contributed by atoms with Crippen LogP contribution >= 0.6 is 0 Å². The zero-order chi connectivity index (χ0) is 15.0. The van der Waals surface area contributed by atoms with E-state index in [4.69, 9.17) is 5.73 Å². The van der Waals surface area contributed by atoms with Gasteiger partial charge >= 0.3 is 6.18 Å². The van der Waals surface area contributed by atoms with Crippen LogP contribution in [0.1, 0.15) is 30.1 Å². The number of nitrogens with one attached hydrogen (secondary N) is 1. The lowest BCUT2D eigenvalue weighted by Crippen LogP contribution is -2.10. The number of hydrogen-bond acceptors (Lipinski definition) is 4. The average molecular weight is 294 g/mol. The van der Waals surface area contributed by atoms with Gasteiger partial charge in [-0.25, -0.2) is 9.97 Å². The van der Waals surface area contributed by atoms with E-state index < -0.39 is 11.7 Å².